The minimum absolute atomic E-state index is 0.108. The molecule has 0 bridgehead atoms. The molecular weight excluding hydrogens is 248 g/mol. The van der Waals surface area contributed by atoms with E-state index in [4.69, 9.17) is 0 Å². The molecular formula is C17H24N2O. The number of allylic oxidation sites excluding steroid dienone is 1. The smallest absolute Gasteiger partial charge is 0.237 e. The fourth-order valence-electron chi connectivity index (χ4n) is 2.57. The van der Waals surface area contributed by atoms with Crippen LogP contribution in [0.4, 0.5) is 0 Å². The summed E-state index contributed by atoms with van der Waals surface area (Å²) >= 11 is 0. The standard InChI is InChI=1S/C17H24N2O/c1-19(2)16(13-14-9-5-3-6-10-14)17(20)18-15-11-7-4-8-12-15/h3-7,9-10,15-16H,8,11-13H2,1-2H3,(H,18,20)/t15-,16-/m0/s1. The molecule has 0 unspecified atom stereocenters. The van der Waals surface area contributed by atoms with Gasteiger partial charge in [0.05, 0.1) is 6.04 Å². The van der Waals surface area contributed by atoms with Gasteiger partial charge in [0.15, 0.2) is 0 Å². The zero-order valence-electron chi connectivity index (χ0n) is 12.4. The SMILES string of the molecule is CN(C)[C@@H](Cc1ccccc1)C(=O)N[C@H]1CC=CCC1. The van der Waals surface area contributed by atoms with E-state index < -0.39 is 0 Å². The third-order valence-electron chi connectivity index (χ3n) is 3.81. The van der Waals surface area contributed by atoms with E-state index in [1.54, 1.807) is 0 Å². The number of likely N-dealkylation sites (N-methyl/N-ethyl adjacent to an activating group) is 1. The second-order valence-electron chi connectivity index (χ2n) is 5.66. The van der Waals surface area contributed by atoms with Crippen LogP contribution >= 0.6 is 0 Å². The highest BCUT2D eigenvalue weighted by molar-refractivity contribution is 5.82. The maximum Gasteiger partial charge on any atom is 0.237 e. The first-order valence-corrected chi connectivity index (χ1v) is 7.32. The van der Waals surface area contributed by atoms with Crippen molar-refractivity contribution in [3.8, 4) is 0 Å². The number of nitrogens with zero attached hydrogens (tertiary/aromatic N) is 1. The fourth-order valence-corrected chi connectivity index (χ4v) is 2.57. The molecule has 1 amide bonds. The zero-order chi connectivity index (χ0) is 14.4. The third-order valence-corrected chi connectivity index (χ3v) is 3.81. The molecule has 0 saturated carbocycles. The molecule has 0 spiro atoms. The molecule has 108 valence electrons. The van der Waals surface area contributed by atoms with E-state index in [1.807, 2.05) is 37.2 Å². The summed E-state index contributed by atoms with van der Waals surface area (Å²) in [6.45, 7) is 0. The first kappa shape index (κ1) is 14.8. The van der Waals surface area contributed by atoms with Gasteiger partial charge >= 0.3 is 0 Å². The minimum Gasteiger partial charge on any atom is -0.352 e. The van der Waals surface area contributed by atoms with Crippen molar-refractivity contribution in [3.05, 3.63) is 48.0 Å². The molecule has 1 N–H and O–H groups in total. The normalized spacial score (nSPS) is 19.9. The molecule has 0 aliphatic heterocycles. The summed E-state index contributed by atoms with van der Waals surface area (Å²) in [5.74, 6) is 0.138. The van der Waals surface area contributed by atoms with E-state index in [0.717, 1.165) is 25.7 Å². The van der Waals surface area contributed by atoms with Crippen molar-refractivity contribution >= 4 is 5.91 Å². The molecule has 2 rings (SSSR count). The number of nitrogens with one attached hydrogen (secondary N) is 1. The van der Waals surface area contributed by atoms with Gasteiger partial charge in [-0.15, -0.1) is 0 Å². The predicted octanol–water partition coefficient (Wildman–Crippen LogP) is 2.38. The van der Waals surface area contributed by atoms with Crippen LogP contribution in [0.3, 0.4) is 0 Å². The van der Waals surface area contributed by atoms with Gasteiger partial charge in [-0.3, -0.25) is 9.69 Å². The predicted molar refractivity (Wildman–Crippen MR) is 82.5 cm³/mol. The molecule has 1 aliphatic rings. The second-order valence-corrected chi connectivity index (χ2v) is 5.66. The van der Waals surface area contributed by atoms with Crippen LogP contribution in [-0.4, -0.2) is 37.0 Å². The average molecular weight is 272 g/mol. The van der Waals surface area contributed by atoms with Crippen LogP contribution in [0, 0.1) is 0 Å². The first-order chi connectivity index (χ1) is 9.66. The Kier molecular flexibility index (Phi) is 5.36. The summed E-state index contributed by atoms with van der Waals surface area (Å²) in [7, 11) is 3.93. The van der Waals surface area contributed by atoms with Crippen molar-refractivity contribution in [2.45, 2.75) is 37.8 Å². The Morgan fingerprint density at radius 1 is 1.30 bits per heavy atom. The lowest BCUT2D eigenvalue weighted by molar-refractivity contribution is -0.126. The molecule has 0 fully saturated rings. The summed E-state index contributed by atoms with van der Waals surface area (Å²) in [6.07, 6.45) is 8.18. The monoisotopic (exact) mass is 272 g/mol. The molecule has 2 atom stereocenters. The van der Waals surface area contributed by atoms with Crippen molar-refractivity contribution in [1.29, 1.82) is 0 Å². The van der Waals surface area contributed by atoms with Gasteiger partial charge in [0.1, 0.15) is 0 Å². The first-order valence-electron chi connectivity index (χ1n) is 7.32. The Morgan fingerprint density at radius 2 is 2.05 bits per heavy atom. The van der Waals surface area contributed by atoms with E-state index in [2.05, 4.69) is 29.6 Å². The highest BCUT2D eigenvalue weighted by atomic mass is 16.2. The quantitative estimate of drug-likeness (QED) is 0.835. The topological polar surface area (TPSA) is 32.3 Å². The van der Waals surface area contributed by atoms with Crippen LogP contribution in [0.25, 0.3) is 0 Å². The summed E-state index contributed by atoms with van der Waals surface area (Å²) in [6, 6.07) is 10.4. The van der Waals surface area contributed by atoms with Gasteiger partial charge in [0.2, 0.25) is 5.91 Å². The highest BCUT2D eigenvalue weighted by Crippen LogP contribution is 2.12. The van der Waals surface area contributed by atoms with Crippen molar-refractivity contribution in [2.75, 3.05) is 14.1 Å². The lowest BCUT2D eigenvalue weighted by Crippen LogP contribution is -2.48. The summed E-state index contributed by atoms with van der Waals surface area (Å²) < 4.78 is 0. The van der Waals surface area contributed by atoms with E-state index in [0.29, 0.717) is 6.04 Å². The van der Waals surface area contributed by atoms with E-state index in [1.165, 1.54) is 5.56 Å². The van der Waals surface area contributed by atoms with Gasteiger partial charge in [-0.25, -0.2) is 0 Å². The third kappa shape index (κ3) is 4.20. The number of benzene rings is 1. The van der Waals surface area contributed by atoms with E-state index in [9.17, 15) is 4.79 Å². The van der Waals surface area contributed by atoms with Crippen LogP contribution in [0.2, 0.25) is 0 Å². The number of amides is 1. The van der Waals surface area contributed by atoms with Gasteiger partial charge in [-0.2, -0.15) is 0 Å². The number of rotatable bonds is 5. The van der Waals surface area contributed by atoms with E-state index >= 15 is 0 Å². The Morgan fingerprint density at radius 3 is 2.65 bits per heavy atom. The molecule has 0 aromatic heterocycles. The fraction of sp³-hybridized carbons (Fsp3) is 0.471. The maximum absolute atomic E-state index is 12.5. The van der Waals surface area contributed by atoms with Gasteiger partial charge in [0.25, 0.3) is 0 Å². The van der Waals surface area contributed by atoms with Crippen LogP contribution < -0.4 is 5.32 Å². The Labute approximate surface area is 121 Å². The summed E-state index contributed by atoms with van der Waals surface area (Å²) in [4.78, 5) is 14.5. The molecule has 0 heterocycles. The molecule has 3 heteroatoms. The van der Waals surface area contributed by atoms with Crippen LogP contribution in [0.5, 0.6) is 0 Å². The van der Waals surface area contributed by atoms with Gasteiger partial charge in [-0.1, -0.05) is 42.5 Å². The molecule has 1 aromatic carbocycles. The van der Waals surface area contributed by atoms with Crippen molar-refractivity contribution in [2.24, 2.45) is 0 Å². The zero-order valence-corrected chi connectivity index (χ0v) is 12.4. The highest BCUT2D eigenvalue weighted by Gasteiger charge is 2.23. The van der Waals surface area contributed by atoms with Crippen LogP contribution in [0.15, 0.2) is 42.5 Å². The van der Waals surface area contributed by atoms with Gasteiger partial charge < -0.3 is 5.32 Å². The Bertz CT molecular complexity index is 453. The molecule has 20 heavy (non-hydrogen) atoms. The second kappa shape index (κ2) is 7.25. The Balaban J connectivity index is 1.97. The number of carbonyl (C=O) groups is 1. The molecule has 1 aliphatic carbocycles. The molecule has 1 aromatic rings. The van der Waals surface area contributed by atoms with Crippen molar-refractivity contribution < 1.29 is 4.79 Å². The molecule has 3 nitrogen and oxygen atoms in total. The number of hydrogen-bond acceptors (Lipinski definition) is 2. The van der Waals surface area contributed by atoms with Crippen LogP contribution in [-0.2, 0) is 11.2 Å². The van der Waals surface area contributed by atoms with Crippen LogP contribution in [0.1, 0.15) is 24.8 Å². The number of hydrogen-bond donors (Lipinski definition) is 1. The Hall–Kier alpha value is -1.61. The molecule has 0 radical (unpaired) electrons. The van der Waals surface area contributed by atoms with Crippen molar-refractivity contribution in [1.82, 2.24) is 10.2 Å². The van der Waals surface area contributed by atoms with Gasteiger partial charge in [0, 0.05) is 6.04 Å². The lowest BCUT2D eigenvalue weighted by atomic mass is 10.00. The molecule has 0 saturated heterocycles. The largest absolute Gasteiger partial charge is 0.352 e. The maximum atomic E-state index is 12.5. The summed E-state index contributed by atoms with van der Waals surface area (Å²) in [5.41, 5.74) is 1.20. The minimum atomic E-state index is -0.108. The number of carbonyl (C=O) groups excluding carboxylic acids is 1. The van der Waals surface area contributed by atoms with Crippen molar-refractivity contribution in [3.63, 3.8) is 0 Å². The van der Waals surface area contributed by atoms with E-state index in [-0.39, 0.29) is 11.9 Å². The average Bonchev–Trinajstić information content (AvgIpc) is 2.46. The summed E-state index contributed by atoms with van der Waals surface area (Å²) in [5, 5.41) is 3.19. The van der Waals surface area contributed by atoms with Gasteiger partial charge in [-0.05, 0) is 45.3 Å². The lowest BCUT2D eigenvalue weighted by Gasteiger charge is -2.27.